The van der Waals surface area contributed by atoms with E-state index < -0.39 is 0 Å². The summed E-state index contributed by atoms with van der Waals surface area (Å²) in [7, 11) is 6.78. The molecular formula is C54H44N2O4. The normalized spacial score (nSPS) is 11.0. The fraction of sp³-hybridized carbons (Fsp3) is 0.0741. The van der Waals surface area contributed by atoms with Gasteiger partial charge in [-0.15, -0.1) is 0 Å². The Kier molecular flexibility index (Phi) is 10.5. The molecule has 0 aliphatic carbocycles. The Morgan fingerprint density at radius 2 is 0.467 bits per heavy atom. The molecule has 0 aliphatic heterocycles. The molecule has 0 aromatic heterocycles. The predicted molar refractivity (Wildman–Crippen MR) is 248 cm³/mol. The number of anilines is 6. The molecule has 0 aliphatic rings. The van der Waals surface area contributed by atoms with Crippen molar-refractivity contribution < 1.29 is 18.9 Å². The van der Waals surface area contributed by atoms with E-state index in [1.807, 2.05) is 48.5 Å². The molecule has 0 unspecified atom stereocenters. The van der Waals surface area contributed by atoms with E-state index in [4.69, 9.17) is 18.9 Å². The number of fused-ring (bicyclic) bond motifs is 3. The minimum Gasteiger partial charge on any atom is -0.497 e. The summed E-state index contributed by atoms with van der Waals surface area (Å²) in [5.41, 5.74) is 10.5. The lowest BCUT2D eigenvalue weighted by atomic mass is 9.95. The molecule has 0 N–H and O–H groups in total. The van der Waals surface area contributed by atoms with Gasteiger partial charge < -0.3 is 28.7 Å². The molecule has 0 saturated heterocycles. The van der Waals surface area contributed by atoms with Gasteiger partial charge in [-0.2, -0.15) is 0 Å². The highest BCUT2D eigenvalue weighted by Gasteiger charge is 2.28. The summed E-state index contributed by atoms with van der Waals surface area (Å²) < 4.78 is 22.2. The van der Waals surface area contributed by atoms with Crippen LogP contribution in [0, 0.1) is 0 Å². The Morgan fingerprint density at radius 3 is 0.733 bits per heavy atom. The van der Waals surface area contributed by atoms with E-state index >= 15 is 0 Å². The van der Waals surface area contributed by atoms with E-state index in [0.29, 0.717) is 0 Å². The van der Waals surface area contributed by atoms with Crippen LogP contribution in [0.4, 0.5) is 34.1 Å². The smallest absolute Gasteiger partial charge is 0.119 e. The van der Waals surface area contributed by atoms with Gasteiger partial charge in [0.25, 0.3) is 0 Å². The van der Waals surface area contributed by atoms with Crippen molar-refractivity contribution in [2.24, 2.45) is 0 Å². The van der Waals surface area contributed by atoms with Crippen LogP contribution in [0.25, 0.3) is 43.8 Å². The molecule has 0 amide bonds. The van der Waals surface area contributed by atoms with E-state index in [0.717, 1.165) is 101 Å². The average molecular weight is 785 g/mol. The molecule has 0 saturated carbocycles. The first kappa shape index (κ1) is 37.9. The second kappa shape index (κ2) is 16.6. The van der Waals surface area contributed by atoms with Crippen molar-refractivity contribution in [3.05, 3.63) is 194 Å². The van der Waals surface area contributed by atoms with Crippen LogP contribution in [0.5, 0.6) is 23.0 Å². The molecule has 6 nitrogen and oxygen atoms in total. The molecule has 0 radical (unpaired) electrons. The Hall–Kier alpha value is -7.70. The quantitative estimate of drug-likeness (QED) is 0.0908. The fourth-order valence-electron chi connectivity index (χ4n) is 8.01. The Morgan fingerprint density at radius 1 is 0.250 bits per heavy atom. The molecule has 9 aromatic carbocycles. The number of hydrogen-bond acceptors (Lipinski definition) is 6. The van der Waals surface area contributed by atoms with Gasteiger partial charge in [-0.25, -0.2) is 0 Å². The van der Waals surface area contributed by atoms with Crippen molar-refractivity contribution in [1.29, 1.82) is 0 Å². The first-order valence-corrected chi connectivity index (χ1v) is 19.9. The Labute approximate surface area is 351 Å². The zero-order valence-electron chi connectivity index (χ0n) is 34.0. The molecule has 0 fully saturated rings. The number of hydrogen-bond donors (Lipinski definition) is 0. The van der Waals surface area contributed by atoms with Crippen molar-refractivity contribution in [2.75, 3.05) is 38.2 Å². The van der Waals surface area contributed by atoms with Crippen LogP contribution in [-0.2, 0) is 0 Å². The molecule has 0 heterocycles. The molecule has 9 rings (SSSR count). The van der Waals surface area contributed by atoms with E-state index in [2.05, 4.69) is 155 Å². The summed E-state index contributed by atoms with van der Waals surface area (Å²) in [6.45, 7) is 0. The van der Waals surface area contributed by atoms with Crippen LogP contribution >= 0.6 is 0 Å². The number of benzene rings is 9. The van der Waals surface area contributed by atoms with Gasteiger partial charge in [0.05, 0.1) is 39.8 Å². The van der Waals surface area contributed by atoms with Crippen molar-refractivity contribution >= 4 is 55.7 Å². The minimum absolute atomic E-state index is 0.786. The summed E-state index contributed by atoms with van der Waals surface area (Å²) in [5.74, 6) is 3.23. The lowest BCUT2D eigenvalue weighted by Gasteiger charge is -2.35. The SMILES string of the molecule is COc1ccc(-c2ccc(N(c3ccc(OC)cc3)c3c(N(c4ccc(OC)cc4)c4ccc(-c5ccc(OC)cc5)cc4)c4ccccc4c4ccccc34)cc2)cc1. The van der Waals surface area contributed by atoms with Gasteiger partial charge in [0.1, 0.15) is 23.0 Å². The maximum atomic E-state index is 5.67. The monoisotopic (exact) mass is 784 g/mol. The topological polar surface area (TPSA) is 43.4 Å². The van der Waals surface area contributed by atoms with Crippen LogP contribution in [-0.4, -0.2) is 28.4 Å². The van der Waals surface area contributed by atoms with Crippen LogP contribution in [0.2, 0.25) is 0 Å². The van der Waals surface area contributed by atoms with E-state index in [1.165, 1.54) is 0 Å². The van der Waals surface area contributed by atoms with Crippen molar-refractivity contribution in [3.63, 3.8) is 0 Å². The van der Waals surface area contributed by atoms with Gasteiger partial charge in [-0.3, -0.25) is 0 Å². The van der Waals surface area contributed by atoms with Gasteiger partial charge >= 0.3 is 0 Å². The van der Waals surface area contributed by atoms with Gasteiger partial charge in [0, 0.05) is 33.5 Å². The van der Waals surface area contributed by atoms with Crippen molar-refractivity contribution in [1.82, 2.24) is 0 Å². The van der Waals surface area contributed by atoms with Crippen molar-refractivity contribution in [2.45, 2.75) is 0 Å². The highest BCUT2D eigenvalue weighted by atomic mass is 16.5. The highest BCUT2D eigenvalue weighted by Crippen LogP contribution is 2.53. The number of rotatable bonds is 12. The third-order valence-electron chi connectivity index (χ3n) is 11.1. The zero-order valence-corrected chi connectivity index (χ0v) is 34.0. The largest absolute Gasteiger partial charge is 0.497 e. The van der Waals surface area contributed by atoms with Gasteiger partial charge in [-0.1, -0.05) is 97.1 Å². The molecule has 0 bridgehead atoms. The molecule has 6 heteroatoms. The molecular weight excluding hydrogens is 741 g/mol. The van der Waals surface area contributed by atoms with Crippen LogP contribution < -0.4 is 28.7 Å². The maximum absolute atomic E-state index is 5.67. The van der Waals surface area contributed by atoms with E-state index in [1.54, 1.807) is 28.4 Å². The molecule has 294 valence electrons. The van der Waals surface area contributed by atoms with Gasteiger partial charge in [0.15, 0.2) is 0 Å². The summed E-state index contributed by atoms with van der Waals surface area (Å²) in [6.07, 6.45) is 0. The Bertz CT molecular complexity index is 2670. The number of nitrogens with zero attached hydrogens (tertiary/aromatic N) is 2. The molecule has 0 spiro atoms. The second-order valence-corrected chi connectivity index (χ2v) is 14.4. The molecule has 0 atom stereocenters. The lowest BCUT2D eigenvalue weighted by Crippen LogP contribution is -2.18. The summed E-state index contributed by atoms with van der Waals surface area (Å²) in [6, 6.07) is 68.0. The first-order chi connectivity index (χ1) is 29.6. The fourth-order valence-corrected chi connectivity index (χ4v) is 8.01. The molecule has 60 heavy (non-hydrogen) atoms. The number of methoxy groups -OCH3 is 4. The molecule has 9 aromatic rings. The Balaban J connectivity index is 1.32. The van der Waals surface area contributed by atoms with Gasteiger partial charge in [0.2, 0.25) is 0 Å². The van der Waals surface area contributed by atoms with E-state index in [9.17, 15) is 0 Å². The minimum atomic E-state index is 0.786. The summed E-state index contributed by atoms with van der Waals surface area (Å²) in [5, 5.41) is 4.53. The zero-order chi connectivity index (χ0) is 41.0. The maximum Gasteiger partial charge on any atom is 0.119 e. The highest BCUT2D eigenvalue weighted by molar-refractivity contribution is 6.23. The van der Waals surface area contributed by atoms with Gasteiger partial charge in [-0.05, 0) is 130 Å². The van der Waals surface area contributed by atoms with Crippen molar-refractivity contribution in [3.8, 4) is 45.3 Å². The lowest BCUT2D eigenvalue weighted by molar-refractivity contribution is 0.414. The third-order valence-corrected chi connectivity index (χ3v) is 11.1. The van der Waals surface area contributed by atoms with Crippen LogP contribution in [0.1, 0.15) is 0 Å². The first-order valence-electron chi connectivity index (χ1n) is 19.9. The average Bonchev–Trinajstić information content (AvgIpc) is 3.33. The van der Waals surface area contributed by atoms with Crippen LogP contribution in [0.15, 0.2) is 194 Å². The number of ether oxygens (including phenoxy) is 4. The summed E-state index contributed by atoms with van der Waals surface area (Å²) in [4.78, 5) is 4.76. The second-order valence-electron chi connectivity index (χ2n) is 14.4. The standard InChI is InChI=1S/C54H44N2O4/c1-57-45-29-17-39(18-30-45)37-13-21-41(22-14-37)55(43-25-33-47(59-3)34-26-43)53-51-11-7-5-9-49(51)50-10-6-8-12-52(50)54(53)56(44-27-35-48(60-4)36-28-44)42-23-15-38(16-24-42)40-19-31-46(58-2)32-20-40/h5-36H,1-4H3. The third kappa shape index (κ3) is 7.20. The van der Waals surface area contributed by atoms with Crippen LogP contribution in [0.3, 0.4) is 0 Å². The van der Waals surface area contributed by atoms with E-state index in [-0.39, 0.29) is 0 Å². The predicted octanol–water partition coefficient (Wildman–Crippen LogP) is 14.3. The summed E-state index contributed by atoms with van der Waals surface area (Å²) >= 11 is 0.